The highest BCUT2D eigenvalue weighted by Crippen LogP contribution is 2.34. The predicted octanol–water partition coefficient (Wildman–Crippen LogP) is 4.88. The van der Waals surface area contributed by atoms with Gasteiger partial charge in [0, 0.05) is 11.1 Å². The zero-order valence-corrected chi connectivity index (χ0v) is 14.9. The fraction of sp³-hybridized carbons (Fsp3) is 0.0476. The first-order chi connectivity index (χ1) is 13.1. The number of hydrogen-bond acceptors (Lipinski definition) is 4. The van der Waals surface area contributed by atoms with Gasteiger partial charge in [-0.05, 0) is 40.7 Å². The first kappa shape index (κ1) is 17.3. The van der Waals surface area contributed by atoms with Crippen LogP contribution in [0.2, 0.25) is 0 Å². The van der Waals surface area contributed by atoms with E-state index in [1.54, 1.807) is 30.3 Å². The quantitative estimate of drug-likeness (QED) is 0.657. The molecule has 6 heteroatoms. The van der Waals surface area contributed by atoms with Crippen LogP contribution in [0.3, 0.4) is 0 Å². The minimum Gasteiger partial charge on any atom is -0.488 e. The molecule has 1 fully saturated rings. The number of nitrogens with one attached hydrogen (secondary N) is 1. The number of benzene rings is 3. The topological polar surface area (TPSA) is 55.4 Å². The summed E-state index contributed by atoms with van der Waals surface area (Å²) < 4.78 is 19.8. The molecule has 1 saturated heterocycles. The number of halogens is 1. The van der Waals surface area contributed by atoms with Crippen molar-refractivity contribution in [2.75, 3.05) is 0 Å². The van der Waals surface area contributed by atoms with Gasteiger partial charge in [-0.3, -0.25) is 14.9 Å². The molecule has 1 N–H and O–H groups in total. The highest BCUT2D eigenvalue weighted by Gasteiger charge is 2.25. The second kappa shape index (κ2) is 7.25. The third-order valence-corrected chi connectivity index (χ3v) is 5.00. The summed E-state index contributed by atoms with van der Waals surface area (Å²) in [6, 6.07) is 17.8. The van der Waals surface area contributed by atoms with E-state index in [1.807, 2.05) is 30.3 Å². The molecule has 0 spiro atoms. The lowest BCUT2D eigenvalue weighted by Crippen LogP contribution is -2.17. The van der Waals surface area contributed by atoms with E-state index in [0.29, 0.717) is 21.8 Å². The lowest BCUT2D eigenvalue weighted by molar-refractivity contribution is -0.115. The van der Waals surface area contributed by atoms with E-state index in [1.165, 1.54) is 6.07 Å². The molecule has 3 aromatic rings. The summed E-state index contributed by atoms with van der Waals surface area (Å²) in [6.07, 6.45) is 1.64. The standard InChI is InChI=1S/C21H14FNO3S/c22-17-8-4-2-6-14(17)12-26-18-10-9-13-5-1-3-7-15(13)16(18)11-19-20(24)23-21(25)27-19/h1-11H,12H2,(H,23,24,25)/b19-11-. The van der Waals surface area contributed by atoms with Crippen molar-refractivity contribution in [2.24, 2.45) is 0 Å². The zero-order chi connectivity index (χ0) is 18.8. The molecular formula is C21H14FNO3S. The number of fused-ring (bicyclic) bond motifs is 1. The van der Waals surface area contributed by atoms with Crippen molar-refractivity contribution in [1.29, 1.82) is 0 Å². The number of imide groups is 1. The summed E-state index contributed by atoms with van der Waals surface area (Å²) in [5.41, 5.74) is 1.12. The minimum absolute atomic E-state index is 0.0550. The van der Waals surface area contributed by atoms with Crippen LogP contribution in [-0.4, -0.2) is 11.1 Å². The highest BCUT2D eigenvalue weighted by molar-refractivity contribution is 8.18. The van der Waals surface area contributed by atoms with Crippen LogP contribution in [0.5, 0.6) is 5.75 Å². The second-order valence-electron chi connectivity index (χ2n) is 5.93. The normalized spacial score (nSPS) is 15.4. The van der Waals surface area contributed by atoms with Gasteiger partial charge in [-0.1, -0.05) is 48.5 Å². The van der Waals surface area contributed by atoms with E-state index in [2.05, 4.69) is 5.32 Å². The van der Waals surface area contributed by atoms with E-state index < -0.39 is 11.1 Å². The third kappa shape index (κ3) is 3.57. The van der Waals surface area contributed by atoms with Gasteiger partial charge in [0.1, 0.15) is 18.2 Å². The molecule has 0 unspecified atom stereocenters. The van der Waals surface area contributed by atoms with Crippen molar-refractivity contribution in [3.05, 3.63) is 82.5 Å². The molecule has 0 aromatic heterocycles. The van der Waals surface area contributed by atoms with Gasteiger partial charge in [0.05, 0.1) is 4.91 Å². The maximum atomic E-state index is 13.9. The SMILES string of the molecule is O=C1NC(=O)/C(=C/c2c(OCc3ccccc3F)ccc3ccccc23)S1. The van der Waals surface area contributed by atoms with Gasteiger partial charge in [0.15, 0.2) is 0 Å². The second-order valence-corrected chi connectivity index (χ2v) is 6.95. The Hall–Kier alpha value is -3.12. The lowest BCUT2D eigenvalue weighted by atomic mass is 10.0. The fourth-order valence-electron chi connectivity index (χ4n) is 2.87. The van der Waals surface area contributed by atoms with E-state index >= 15 is 0 Å². The fourth-order valence-corrected chi connectivity index (χ4v) is 3.54. The maximum Gasteiger partial charge on any atom is 0.290 e. The molecule has 1 heterocycles. The molecule has 27 heavy (non-hydrogen) atoms. The van der Waals surface area contributed by atoms with Crippen molar-refractivity contribution < 1.29 is 18.7 Å². The van der Waals surface area contributed by atoms with Gasteiger partial charge in [-0.25, -0.2) is 4.39 Å². The van der Waals surface area contributed by atoms with Gasteiger partial charge in [-0.15, -0.1) is 0 Å². The Bertz CT molecular complexity index is 1090. The van der Waals surface area contributed by atoms with Gasteiger partial charge in [0.25, 0.3) is 11.1 Å². The number of ether oxygens (including phenoxy) is 1. The average molecular weight is 379 g/mol. The minimum atomic E-state index is -0.432. The van der Waals surface area contributed by atoms with Crippen LogP contribution in [0.25, 0.3) is 16.8 Å². The monoisotopic (exact) mass is 379 g/mol. The molecule has 134 valence electrons. The van der Waals surface area contributed by atoms with Gasteiger partial charge in [0.2, 0.25) is 0 Å². The Balaban J connectivity index is 1.76. The molecular weight excluding hydrogens is 365 g/mol. The van der Waals surface area contributed by atoms with Gasteiger partial charge < -0.3 is 4.74 Å². The molecule has 0 saturated carbocycles. The molecule has 0 bridgehead atoms. The van der Waals surface area contributed by atoms with Crippen LogP contribution >= 0.6 is 11.8 Å². The Labute approximate surface area is 159 Å². The molecule has 2 amide bonds. The molecule has 1 aliphatic heterocycles. The molecule has 1 aliphatic rings. The Kier molecular flexibility index (Phi) is 4.64. The molecule has 4 rings (SSSR count). The first-order valence-electron chi connectivity index (χ1n) is 8.24. The number of thioether (sulfide) groups is 1. The van der Waals surface area contributed by atoms with Crippen LogP contribution in [-0.2, 0) is 11.4 Å². The molecule has 3 aromatic carbocycles. The molecule has 0 radical (unpaired) electrons. The maximum absolute atomic E-state index is 13.9. The smallest absolute Gasteiger partial charge is 0.290 e. The van der Waals surface area contributed by atoms with Crippen molar-refractivity contribution in [3.8, 4) is 5.75 Å². The van der Waals surface area contributed by atoms with Crippen LogP contribution in [0.1, 0.15) is 11.1 Å². The molecule has 0 aliphatic carbocycles. The Morgan fingerprint density at radius 3 is 2.56 bits per heavy atom. The van der Waals surface area contributed by atoms with Crippen molar-refractivity contribution in [3.63, 3.8) is 0 Å². The number of carbonyl (C=O) groups is 2. The molecule has 0 atom stereocenters. The summed E-state index contributed by atoms with van der Waals surface area (Å²) in [5.74, 6) is -0.260. The van der Waals surface area contributed by atoms with Crippen molar-refractivity contribution in [2.45, 2.75) is 6.61 Å². The number of amides is 2. The zero-order valence-electron chi connectivity index (χ0n) is 14.1. The van der Waals surface area contributed by atoms with Crippen LogP contribution < -0.4 is 10.1 Å². The number of carbonyl (C=O) groups excluding carboxylic acids is 2. The summed E-state index contributed by atoms with van der Waals surface area (Å²) in [7, 11) is 0. The van der Waals surface area contributed by atoms with E-state index in [-0.39, 0.29) is 12.4 Å². The predicted molar refractivity (Wildman–Crippen MR) is 104 cm³/mol. The highest BCUT2D eigenvalue weighted by atomic mass is 32.2. The van der Waals surface area contributed by atoms with Gasteiger partial charge in [-0.2, -0.15) is 0 Å². The van der Waals surface area contributed by atoms with Crippen molar-refractivity contribution in [1.82, 2.24) is 5.32 Å². The van der Waals surface area contributed by atoms with Gasteiger partial charge >= 0.3 is 0 Å². The Morgan fingerprint density at radius 2 is 1.78 bits per heavy atom. The Morgan fingerprint density at radius 1 is 1.00 bits per heavy atom. The summed E-state index contributed by atoms with van der Waals surface area (Å²) in [6.45, 7) is 0.0550. The van der Waals surface area contributed by atoms with Crippen LogP contribution in [0, 0.1) is 5.82 Å². The van der Waals surface area contributed by atoms with E-state index in [0.717, 1.165) is 22.5 Å². The summed E-state index contributed by atoms with van der Waals surface area (Å²) in [5, 5.41) is 3.69. The first-order valence-corrected chi connectivity index (χ1v) is 9.06. The number of rotatable bonds is 4. The number of hydrogen-bond donors (Lipinski definition) is 1. The summed E-state index contributed by atoms with van der Waals surface area (Å²) in [4.78, 5) is 23.7. The third-order valence-electron chi connectivity index (χ3n) is 4.19. The largest absolute Gasteiger partial charge is 0.488 e. The lowest BCUT2D eigenvalue weighted by Gasteiger charge is -2.13. The summed E-state index contributed by atoms with van der Waals surface area (Å²) >= 11 is 0.849. The van der Waals surface area contributed by atoms with Crippen molar-refractivity contribution >= 4 is 39.8 Å². The van der Waals surface area contributed by atoms with E-state index in [9.17, 15) is 14.0 Å². The molecule has 4 nitrogen and oxygen atoms in total. The van der Waals surface area contributed by atoms with E-state index in [4.69, 9.17) is 4.74 Å². The average Bonchev–Trinajstić information content (AvgIpc) is 2.99. The van der Waals surface area contributed by atoms with Crippen LogP contribution in [0.4, 0.5) is 9.18 Å². The van der Waals surface area contributed by atoms with Crippen LogP contribution in [0.15, 0.2) is 65.6 Å².